The first-order valence-corrected chi connectivity index (χ1v) is 10.6. The van der Waals surface area contributed by atoms with Crippen molar-refractivity contribution < 1.29 is 17.9 Å². The molecule has 1 aliphatic heterocycles. The maximum absolute atomic E-state index is 11.7. The summed E-state index contributed by atoms with van der Waals surface area (Å²) in [6, 6.07) is 0. The third kappa shape index (κ3) is 12.0. The van der Waals surface area contributed by atoms with Crippen LogP contribution in [0.5, 0.6) is 0 Å². The van der Waals surface area contributed by atoms with Gasteiger partial charge in [0.25, 0.3) is 0 Å². The zero-order valence-electron chi connectivity index (χ0n) is 12.4. The highest BCUT2D eigenvalue weighted by Crippen LogP contribution is 2.20. The van der Waals surface area contributed by atoms with E-state index in [0.717, 1.165) is 38.1 Å². The van der Waals surface area contributed by atoms with Crippen LogP contribution in [0.4, 0.5) is 4.79 Å². The van der Waals surface area contributed by atoms with Crippen molar-refractivity contribution in [2.45, 2.75) is 39.2 Å². The van der Waals surface area contributed by atoms with E-state index >= 15 is 0 Å². The van der Waals surface area contributed by atoms with E-state index < -0.39 is 9.05 Å². The molecule has 0 spiro atoms. The first-order chi connectivity index (χ1) is 8.92. The van der Waals surface area contributed by atoms with E-state index in [0.29, 0.717) is 0 Å². The predicted molar refractivity (Wildman–Crippen MR) is 90.1 cm³/mol. The van der Waals surface area contributed by atoms with Gasteiger partial charge in [-0.1, -0.05) is 22.6 Å². The van der Waals surface area contributed by atoms with Gasteiger partial charge in [-0.25, -0.2) is 13.2 Å². The van der Waals surface area contributed by atoms with E-state index in [-0.39, 0.29) is 11.7 Å². The zero-order valence-corrected chi connectivity index (χ0v) is 16.1. The Bertz CT molecular complexity index is 392. The average Bonchev–Trinajstić information content (AvgIpc) is 2.24. The van der Waals surface area contributed by atoms with E-state index in [1.54, 1.807) is 0 Å². The number of piperidine rings is 1. The van der Waals surface area contributed by atoms with Crippen LogP contribution in [0.15, 0.2) is 0 Å². The van der Waals surface area contributed by atoms with Crippen molar-refractivity contribution in [3.8, 4) is 0 Å². The maximum Gasteiger partial charge on any atom is 0.410 e. The number of halogens is 2. The third-order valence-corrected chi connectivity index (χ3v) is 3.73. The van der Waals surface area contributed by atoms with Gasteiger partial charge in [-0.3, -0.25) is 0 Å². The highest BCUT2D eigenvalue weighted by atomic mass is 127. The van der Waals surface area contributed by atoms with Crippen LogP contribution in [0.2, 0.25) is 0 Å². The monoisotopic (exact) mass is 439 g/mol. The molecule has 1 aliphatic rings. The lowest BCUT2D eigenvalue weighted by Crippen LogP contribution is -2.41. The van der Waals surface area contributed by atoms with Crippen LogP contribution in [0.3, 0.4) is 0 Å². The Balaban J connectivity index is 0.000000621. The summed E-state index contributed by atoms with van der Waals surface area (Å²) in [7, 11) is 1.31. The van der Waals surface area contributed by atoms with Gasteiger partial charge in [-0.05, 0) is 39.5 Å². The molecule has 0 bridgehead atoms. The first kappa shape index (κ1) is 20.2. The lowest BCUT2D eigenvalue weighted by molar-refractivity contribution is 0.0192. The minimum absolute atomic E-state index is 0.158. The van der Waals surface area contributed by atoms with Gasteiger partial charge in [0.15, 0.2) is 0 Å². The topological polar surface area (TPSA) is 63.7 Å². The smallest absolute Gasteiger partial charge is 0.410 e. The Kier molecular flexibility index (Phi) is 8.73. The number of amides is 1. The average molecular weight is 440 g/mol. The number of rotatable bonds is 1. The van der Waals surface area contributed by atoms with Crippen LogP contribution < -0.4 is 0 Å². The highest BCUT2D eigenvalue weighted by Gasteiger charge is 2.26. The number of hydrogen-bond donors (Lipinski definition) is 0. The van der Waals surface area contributed by atoms with E-state index in [1.807, 2.05) is 25.7 Å². The van der Waals surface area contributed by atoms with Gasteiger partial charge in [0.1, 0.15) is 5.60 Å². The molecule has 0 radical (unpaired) electrons. The summed E-state index contributed by atoms with van der Waals surface area (Å²) in [5.41, 5.74) is -0.378. The lowest BCUT2D eigenvalue weighted by Gasteiger charge is -2.32. The molecule has 0 saturated carbocycles. The molecular weight excluding hydrogens is 417 g/mol. The largest absolute Gasteiger partial charge is 0.444 e. The normalized spacial score (nSPS) is 17.2. The Morgan fingerprint density at radius 2 is 1.75 bits per heavy atom. The minimum atomic E-state index is -3.19. The van der Waals surface area contributed by atoms with Crippen LogP contribution in [-0.2, 0) is 13.8 Å². The second-order valence-corrected chi connectivity index (χ2v) is 9.67. The molecule has 0 unspecified atom stereocenters. The summed E-state index contributed by atoms with van der Waals surface area (Å²) in [5.74, 6) is 0.782. The second kappa shape index (κ2) is 8.63. The van der Waals surface area contributed by atoms with Crippen molar-refractivity contribution in [2.75, 3.05) is 23.8 Å². The molecule has 8 heteroatoms. The number of likely N-dealkylation sites (tertiary alicyclic amines) is 1. The summed E-state index contributed by atoms with van der Waals surface area (Å²) < 4.78 is 25.3. The van der Waals surface area contributed by atoms with Crippen LogP contribution in [0.1, 0.15) is 33.6 Å². The molecule has 0 aromatic carbocycles. The van der Waals surface area contributed by atoms with Gasteiger partial charge in [0, 0.05) is 28.2 Å². The number of alkyl halides is 1. The summed E-state index contributed by atoms with van der Waals surface area (Å²) in [6.07, 6.45) is 2.99. The number of nitrogens with zero attached hydrogens (tertiary/aromatic N) is 1. The van der Waals surface area contributed by atoms with Crippen molar-refractivity contribution in [2.24, 2.45) is 5.92 Å². The Morgan fingerprint density at radius 3 is 2.05 bits per heavy atom. The molecule has 1 fully saturated rings. The third-order valence-electron chi connectivity index (χ3n) is 2.48. The molecule has 0 aromatic rings. The molecule has 120 valence electrons. The van der Waals surface area contributed by atoms with E-state index in [2.05, 4.69) is 33.3 Å². The summed E-state index contributed by atoms with van der Waals surface area (Å²) >= 11 is 2.42. The van der Waals surface area contributed by atoms with Gasteiger partial charge in [-0.15, -0.1) is 0 Å². The molecule has 20 heavy (non-hydrogen) atoms. The van der Waals surface area contributed by atoms with Crippen molar-refractivity contribution in [3.63, 3.8) is 0 Å². The van der Waals surface area contributed by atoms with Gasteiger partial charge >= 0.3 is 6.09 Å². The van der Waals surface area contributed by atoms with Crippen molar-refractivity contribution >= 4 is 48.4 Å². The van der Waals surface area contributed by atoms with Crippen LogP contribution in [0, 0.1) is 5.92 Å². The van der Waals surface area contributed by atoms with E-state index in [1.165, 1.54) is 4.43 Å². The first-order valence-electron chi connectivity index (χ1n) is 6.36. The van der Waals surface area contributed by atoms with Gasteiger partial charge in [0.2, 0.25) is 9.05 Å². The zero-order chi connectivity index (χ0) is 16.0. The van der Waals surface area contributed by atoms with E-state index in [4.69, 9.17) is 4.74 Å². The maximum atomic E-state index is 11.7. The van der Waals surface area contributed by atoms with Crippen LogP contribution in [0.25, 0.3) is 0 Å². The van der Waals surface area contributed by atoms with Crippen molar-refractivity contribution in [1.29, 1.82) is 0 Å². The molecule has 0 N–H and O–H groups in total. The van der Waals surface area contributed by atoms with Crippen molar-refractivity contribution in [1.82, 2.24) is 4.90 Å². The standard InChI is InChI=1S/C11H20INO2.CH3ClO2S/c1-11(2,3)15-10(14)13-6-4-9(8-12)5-7-13;1-5(2,3)4/h9H,4-8H2,1-3H3;1H3. The fourth-order valence-electron chi connectivity index (χ4n) is 1.60. The Hall–Kier alpha value is 0.240. The second-order valence-electron chi connectivity index (χ2n) is 5.75. The van der Waals surface area contributed by atoms with Gasteiger partial charge in [-0.2, -0.15) is 0 Å². The summed E-state index contributed by atoms with van der Waals surface area (Å²) in [5, 5.41) is 0. The fraction of sp³-hybridized carbons (Fsp3) is 0.917. The Labute approximate surface area is 139 Å². The fourth-order valence-corrected chi connectivity index (χ4v) is 2.48. The lowest BCUT2D eigenvalue weighted by atomic mass is 10.00. The van der Waals surface area contributed by atoms with Crippen molar-refractivity contribution in [3.05, 3.63) is 0 Å². The number of hydrogen-bond acceptors (Lipinski definition) is 4. The Morgan fingerprint density at radius 1 is 1.35 bits per heavy atom. The molecular formula is C12H23ClINO4S. The van der Waals surface area contributed by atoms with Gasteiger partial charge < -0.3 is 9.64 Å². The van der Waals surface area contributed by atoms with Crippen LogP contribution >= 0.6 is 33.3 Å². The molecule has 1 amide bonds. The predicted octanol–water partition coefficient (Wildman–Crippen LogP) is 3.25. The SMILES string of the molecule is CC(C)(C)OC(=O)N1CCC(CI)CC1.CS(=O)(=O)Cl. The summed E-state index contributed by atoms with van der Waals surface area (Å²) in [4.78, 5) is 13.5. The molecule has 1 heterocycles. The number of ether oxygens (including phenoxy) is 1. The molecule has 0 aromatic heterocycles. The molecule has 0 atom stereocenters. The minimum Gasteiger partial charge on any atom is -0.444 e. The molecule has 0 aliphatic carbocycles. The number of carbonyl (C=O) groups excluding carboxylic acids is 1. The molecule has 5 nitrogen and oxygen atoms in total. The van der Waals surface area contributed by atoms with E-state index in [9.17, 15) is 13.2 Å². The number of carbonyl (C=O) groups is 1. The molecule has 1 saturated heterocycles. The van der Waals surface area contributed by atoms with Gasteiger partial charge in [0.05, 0.1) is 6.26 Å². The highest BCUT2D eigenvalue weighted by molar-refractivity contribution is 14.1. The summed E-state index contributed by atoms with van der Waals surface area (Å²) in [6.45, 7) is 7.42. The molecule has 1 rings (SSSR count). The van der Waals surface area contributed by atoms with Crippen LogP contribution in [-0.4, -0.2) is 48.8 Å². The quantitative estimate of drug-likeness (QED) is 0.357.